The first kappa shape index (κ1) is 18.7. The maximum absolute atomic E-state index is 13.4. The van der Waals surface area contributed by atoms with Gasteiger partial charge in [0.05, 0.1) is 25.2 Å². The van der Waals surface area contributed by atoms with E-state index in [1.165, 1.54) is 0 Å². The van der Waals surface area contributed by atoms with Crippen LogP contribution >= 0.6 is 11.8 Å². The second kappa shape index (κ2) is 9.60. The van der Waals surface area contributed by atoms with Crippen molar-refractivity contribution in [3.05, 3.63) is 35.9 Å². The van der Waals surface area contributed by atoms with E-state index in [1.54, 1.807) is 0 Å². The number of amides is 1. The molecule has 1 aromatic carbocycles. The lowest BCUT2D eigenvalue weighted by Crippen LogP contribution is -2.51. The molecule has 2 saturated heterocycles. The van der Waals surface area contributed by atoms with Crippen LogP contribution in [0.1, 0.15) is 31.2 Å². The first-order chi connectivity index (χ1) is 12.3. The topological polar surface area (TPSA) is 32.8 Å². The average Bonchev–Trinajstić information content (AvgIpc) is 2.89. The van der Waals surface area contributed by atoms with Crippen LogP contribution < -0.4 is 0 Å². The molecule has 2 aliphatic heterocycles. The Hall–Kier alpha value is -1.04. The monoisotopic (exact) mass is 362 g/mol. The normalized spacial score (nSPS) is 23.9. The fourth-order valence-electron chi connectivity index (χ4n) is 3.79. The number of morpholine rings is 1. The van der Waals surface area contributed by atoms with Gasteiger partial charge in [-0.15, -0.1) is 0 Å². The third kappa shape index (κ3) is 4.99. The Morgan fingerprint density at radius 1 is 1.24 bits per heavy atom. The summed E-state index contributed by atoms with van der Waals surface area (Å²) >= 11 is 2.00. The Labute approximate surface area is 155 Å². The standard InChI is InChI=1S/C20H30N2O2S/c1-2-19(17-7-4-3-5-8-17)20(23)22-9-6-14-25-16-18(22)15-21-10-12-24-13-11-21/h3-5,7-8,18-19H,2,6,9-16H2,1H3/t18-,19-/m1/s1. The molecule has 1 amide bonds. The van der Waals surface area contributed by atoms with Crippen molar-refractivity contribution < 1.29 is 9.53 Å². The Kier molecular flexibility index (Phi) is 7.20. The molecular weight excluding hydrogens is 332 g/mol. The van der Waals surface area contributed by atoms with E-state index in [2.05, 4.69) is 28.9 Å². The van der Waals surface area contributed by atoms with E-state index < -0.39 is 0 Å². The highest BCUT2D eigenvalue weighted by Gasteiger charge is 2.32. The number of carbonyl (C=O) groups is 1. The lowest BCUT2D eigenvalue weighted by Gasteiger charge is -2.37. The van der Waals surface area contributed by atoms with Crippen LogP contribution in [0.15, 0.2) is 30.3 Å². The number of rotatable bonds is 5. The summed E-state index contributed by atoms with van der Waals surface area (Å²) in [5, 5.41) is 0. The zero-order valence-electron chi connectivity index (χ0n) is 15.2. The van der Waals surface area contributed by atoms with Crippen LogP contribution in [0.4, 0.5) is 0 Å². The third-order valence-corrected chi connectivity index (χ3v) is 6.40. The first-order valence-corrected chi connectivity index (χ1v) is 10.7. The summed E-state index contributed by atoms with van der Waals surface area (Å²) < 4.78 is 5.47. The van der Waals surface area contributed by atoms with E-state index in [9.17, 15) is 4.79 Å². The molecule has 138 valence electrons. The van der Waals surface area contributed by atoms with E-state index in [1.807, 2.05) is 30.0 Å². The molecule has 0 unspecified atom stereocenters. The molecule has 0 saturated carbocycles. The van der Waals surface area contributed by atoms with Gasteiger partial charge < -0.3 is 9.64 Å². The van der Waals surface area contributed by atoms with E-state index in [0.717, 1.165) is 69.3 Å². The fraction of sp³-hybridized carbons (Fsp3) is 0.650. The van der Waals surface area contributed by atoms with E-state index in [4.69, 9.17) is 4.74 Å². The highest BCUT2D eigenvalue weighted by atomic mass is 32.2. The number of thioether (sulfide) groups is 1. The molecule has 2 aliphatic rings. The van der Waals surface area contributed by atoms with Gasteiger partial charge in [0.25, 0.3) is 0 Å². The second-order valence-corrected chi connectivity index (χ2v) is 8.05. The zero-order chi connectivity index (χ0) is 17.5. The number of hydrogen-bond donors (Lipinski definition) is 0. The van der Waals surface area contributed by atoms with Crippen LogP contribution in [0.25, 0.3) is 0 Å². The summed E-state index contributed by atoms with van der Waals surface area (Å²) in [5.74, 6) is 2.51. The summed E-state index contributed by atoms with van der Waals surface area (Å²) in [7, 11) is 0. The molecule has 3 rings (SSSR count). The predicted molar refractivity (Wildman–Crippen MR) is 104 cm³/mol. The molecule has 25 heavy (non-hydrogen) atoms. The highest BCUT2D eigenvalue weighted by molar-refractivity contribution is 7.99. The smallest absolute Gasteiger partial charge is 0.230 e. The number of carbonyl (C=O) groups excluding carboxylic acids is 1. The molecule has 0 spiro atoms. The van der Waals surface area contributed by atoms with E-state index in [0.29, 0.717) is 11.9 Å². The molecule has 2 fully saturated rings. The number of ether oxygens (including phenoxy) is 1. The molecule has 2 heterocycles. The SMILES string of the molecule is CC[C@@H](C(=O)N1CCCSC[C@H]1CN1CCOCC1)c1ccccc1. The van der Waals surface area contributed by atoms with Gasteiger partial charge in [0.15, 0.2) is 0 Å². The van der Waals surface area contributed by atoms with Gasteiger partial charge in [0.1, 0.15) is 0 Å². The van der Waals surface area contributed by atoms with Crippen LogP contribution in [-0.2, 0) is 9.53 Å². The molecule has 0 N–H and O–H groups in total. The third-order valence-electron chi connectivity index (χ3n) is 5.20. The van der Waals surface area contributed by atoms with Crippen molar-refractivity contribution in [2.45, 2.75) is 31.7 Å². The van der Waals surface area contributed by atoms with Crippen LogP contribution in [0.5, 0.6) is 0 Å². The molecule has 4 nitrogen and oxygen atoms in total. The summed E-state index contributed by atoms with van der Waals surface area (Å²) in [6.45, 7) is 7.60. The van der Waals surface area contributed by atoms with Gasteiger partial charge in [-0.3, -0.25) is 9.69 Å². The quantitative estimate of drug-likeness (QED) is 0.806. The predicted octanol–water partition coefficient (Wildman–Crippen LogP) is 2.85. The van der Waals surface area contributed by atoms with Gasteiger partial charge in [-0.1, -0.05) is 37.3 Å². The zero-order valence-corrected chi connectivity index (χ0v) is 16.0. The fourth-order valence-corrected chi connectivity index (χ4v) is 4.85. The average molecular weight is 363 g/mol. The van der Waals surface area contributed by atoms with Gasteiger partial charge in [-0.25, -0.2) is 0 Å². The summed E-state index contributed by atoms with van der Waals surface area (Å²) in [4.78, 5) is 18.1. The lowest BCUT2D eigenvalue weighted by molar-refractivity contribution is -0.135. The summed E-state index contributed by atoms with van der Waals surface area (Å²) in [5.41, 5.74) is 1.15. The Balaban J connectivity index is 1.73. The van der Waals surface area contributed by atoms with Gasteiger partial charge in [-0.05, 0) is 24.2 Å². The Morgan fingerprint density at radius 3 is 2.72 bits per heavy atom. The molecule has 1 aromatic rings. The van der Waals surface area contributed by atoms with Crippen LogP contribution in [0, 0.1) is 0 Å². The van der Waals surface area contributed by atoms with E-state index >= 15 is 0 Å². The van der Waals surface area contributed by atoms with Gasteiger partial charge >= 0.3 is 0 Å². The van der Waals surface area contributed by atoms with Crippen molar-refractivity contribution in [1.82, 2.24) is 9.80 Å². The van der Waals surface area contributed by atoms with Crippen molar-refractivity contribution in [1.29, 1.82) is 0 Å². The number of hydrogen-bond acceptors (Lipinski definition) is 4. The number of benzene rings is 1. The second-order valence-electron chi connectivity index (χ2n) is 6.90. The lowest BCUT2D eigenvalue weighted by atomic mass is 9.94. The van der Waals surface area contributed by atoms with Crippen LogP contribution in [-0.4, -0.2) is 72.6 Å². The maximum atomic E-state index is 13.4. The van der Waals surface area contributed by atoms with Crippen molar-refractivity contribution in [3.8, 4) is 0 Å². The van der Waals surface area contributed by atoms with Gasteiger partial charge in [-0.2, -0.15) is 11.8 Å². The molecule has 0 aliphatic carbocycles. The minimum absolute atomic E-state index is 0.0171. The molecule has 2 atom stereocenters. The molecule has 5 heteroatoms. The number of nitrogens with zero attached hydrogens (tertiary/aromatic N) is 2. The highest BCUT2D eigenvalue weighted by Crippen LogP contribution is 2.26. The van der Waals surface area contributed by atoms with Crippen molar-refractivity contribution >= 4 is 17.7 Å². The van der Waals surface area contributed by atoms with Gasteiger partial charge in [0, 0.05) is 31.9 Å². The molecular formula is C20H30N2O2S. The Morgan fingerprint density at radius 2 is 2.00 bits per heavy atom. The first-order valence-electron chi connectivity index (χ1n) is 9.53. The maximum Gasteiger partial charge on any atom is 0.230 e. The van der Waals surface area contributed by atoms with Crippen molar-refractivity contribution in [3.63, 3.8) is 0 Å². The van der Waals surface area contributed by atoms with Crippen LogP contribution in [0.2, 0.25) is 0 Å². The Bertz CT molecular complexity index is 534. The van der Waals surface area contributed by atoms with Crippen LogP contribution in [0.3, 0.4) is 0 Å². The summed E-state index contributed by atoms with van der Waals surface area (Å²) in [6.07, 6.45) is 1.96. The summed E-state index contributed by atoms with van der Waals surface area (Å²) in [6, 6.07) is 10.6. The van der Waals surface area contributed by atoms with E-state index in [-0.39, 0.29) is 5.92 Å². The minimum Gasteiger partial charge on any atom is -0.379 e. The molecule has 0 bridgehead atoms. The molecule has 0 radical (unpaired) electrons. The van der Waals surface area contributed by atoms with Crippen molar-refractivity contribution in [2.24, 2.45) is 0 Å². The molecule has 0 aromatic heterocycles. The minimum atomic E-state index is -0.0171. The largest absolute Gasteiger partial charge is 0.379 e. The van der Waals surface area contributed by atoms with Crippen molar-refractivity contribution in [2.75, 3.05) is 50.9 Å². The van der Waals surface area contributed by atoms with Gasteiger partial charge in [0.2, 0.25) is 5.91 Å².